The van der Waals surface area contributed by atoms with Gasteiger partial charge in [-0.25, -0.2) is 4.98 Å². The van der Waals surface area contributed by atoms with Crippen molar-refractivity contribution >= 4 is 11.6 Å². The predicted octanol–water partition coefficient (Wildman–Crippen LogP) is 2.83. The summed E-state index contributed by atoms with van der Waals surface area (Å²) in [5.74, 6) is 1.09. The lowest BCUT2D eigenvalue weighted by atomic mass is 9.98. The van der Waals surface area contributed by atoms with Crippen LogP contribution in [0, 0.1) is 0 Å². The van der Waals surface area contributed by atoms with Crippen LogP contribution in [0.2, 0.25) is 0 Å². The molecule has 0 unspecified atom stereocenters. The minimum absolute atomic E-state index is 0.906. The molecule has 3 rings (SSSR count). The van der Waals surface area contributed by atoms with Gasteiger partial charge >= 0.3 is 0 Å². The number of benzene rings is 1. The first-order valence-corrected chi connectivity index (χ1v) is 7.42. The number of nitrogens with two attached hydrogens (primary N) is 1. The Morgan fingerprint density at radius 3 is 3.10 bits per heavy atom. The Balaban J connectivity index is 1.82. The third-order valence-electron chi connectivity index (χ3n) is 4.03. The van der Waals surface area contributed by atoms with E-state index in [1.165, 1.54) is 24.0 Å². The maximum absolute atomic E-state index is 6.06. The van der Waals surface area contributed by atoms with Crippen molar-refractivity contribution in [3.63, 3.8) is 0 Å². The highest BCUT2D eigenvalue weighted by atomic mass is 15.3. The second kappa shape index (κ2) is 5.57. The highest BCUT2D eigenvalue weighted by Gasteiger charge is 2.20. The van der Waals surface area contributed by atoms with Gasteiger partial charge in [-0.3, -0.25) is 0 Å². The third kappa shape index (κ3) is 2.38. The molecule has 20 heavy (non-hydrogen) atoms. The molecule has 0 bridgehead atoms. The summed E-state index contributed by atoms with van der Waals surface area (Å²) in [5.41, 5.74) is 9.64. The molecule has 0 amide bonds. The Kier molecular flexibility index (Phi) is 3.63. The SMILES string of the molecule is CCCCn1ccnc1N1CCc2c(N)cccc2C1. The van der Waals surface area contributed by atoms with Gasteiger partial charge in [0.1, 0.15) is 0 Å². The highest BCUT2D eigenvalue weighted by molar-refractivity contribution is 5.54. The number of unbranched alkanes of at least 4 members (excludes halogenated alkanes) is 1. The summed E-state index contributed by atoms with van der Waals surface area (Å²) >= 11 is 0. The maximum Gasteiger partial charge on any atom is 0.205 e. The zero-order valence-electron chi connectivity index (χ0n) is 12.0. The van der Waals surface area contributed by atoms with Crippen LogP contribution >= 0.6 is 0 Å². The lowest BCUT2D eigenvalue weighted by Gasteiger charge is -2.30. The molecule has 1 aliphatic heterocycles. The number of hydrogen-bond acceptors (Lipinski definition) is 3. The van der Waals surface area contributed by atoms with E-state index in [0.29, 0.717) is 0 Å². The number of fused-ring (bicyclic) bond motifs is 1. The molecular formula is C16H22N4. The summed E-state index contributed by atoms with van der Waals surface area (Å²) in [7, 11) is 0. The molecule has 2 aromatic rings. The van der Waals surface area contributed by atoms with Crippen molar-refractivity contribution in [2.24, 2.45) is 0 Å². The maximum atomic E-state index is 6.06. The zero-order chi connectivity index (χ0) is 13.9. The van der Waals surface area contributed by atoms with Gasteiger partial charge in [-0.05, 0) is 30.0 Å². The average molecular weight is 270 g/mol. The normalized spacial score (nSPS) is 14.3. The van der Waals surface area contributed by atoms with Crippen LogP contribution in [-0.4, -0.2) is 16.1 Å². The number of anilines is 2. The minimum Gasteiger partial charge on any atom is -0.398 e. The summed E-state index contributed by atoms with van der Waals surface area (Å²) in [6.45, 7) is 5.16. The lowest BCUT2D eigenvalue weighted by molar-refractivity contribution is 0.604. The Morgan fingerprint density at radius 1 is 1.35 bits per heavy atom. The fraction of sp³-hybridized carbons (Fsp3) is 0.438. The van der Waals surface area contributed by atoms with Crippen molar-refractivity contribution in [3.8, 4) is 0 Å². The Hall–Kier alpha value is -1.97. The van der Waals surface area contributed by atoms with Gasteiger partial charge in [-0.2, -0.15) is 0 Å². The molecule has 4 nitrogen and oxygen atoms in total. The summed E-state index contributed by atoms with van der Waals surface area (Å²) < 4.78 is 2.26. The highest BCUT2D eigenvalue weighted by Crippen LogP contribution is 2.27. The first-order valence-electron chi connectivity index (χ1n) is 7.42. The first-order chi connectivity index (χ1) is 9.79. The van der Waals surface area contributed by atoms with Crippen molar-refractivity contribution < 1.29 is 0 Å². The minimum atomic E-state index is 0.906. The molecule has 0 spiro atoms. The molecule has 0 saturated carbocycles. The van der Waals surface area contributed by atoms with E-state index in [2.05, 4.69) is 33.6 Å². The summed E-state index contributed by atoms with van der Waals surface area (Å²) in [5, 5.41) is 0. The van der Waals surface area contributed by atoms with Crippen LogP contribution in [-0.2, 0) is 19.5 Å². The van der Waals surface area contributed by atoms with Gasteiger partial charge in [0.05, 0.1) is 0 Å². The van der Waals surface area contributed by atoms with E-state index in [-0.39, 0.29) is 0 Å². The van der Waals surface area contributed by atoms with E-state index in [0.717, 1.165) is 37.7 Å². The quantitative estimate of drug-likeness (QED) is 0.869. The second-order valence-corrected chi connectivity index (χ2v) is 5.43. The van der Waals surface area contributed by atoms with Crippen LogP contribution in [0.5, 0.6) is 0 Å². The average Bonchev–Trinajstić information content (AvgIpc) is 2.93. The van der Waals surface area contributed by atoms with Gasteiger partial charge < -0.3 is 15.2 Å². The first kappa shape index (κ1) is 13.0. The van der Waals surface area contributed by atoms with E-state index < -0.39 is 0 Å². The van der Waals surface area contributed by atoms with Crippen molar-refractivity contribution in [2.45, 2.75) is 39.3 Å². The molecule has 0 radical (unpaired) electrons. The van der Waals surface area contributed by atoms with E-state index in [1.807, 2.05) is 18.3 Å². The molecule has 0 aliphatic carbocycles. The number of hydrogen-bond donors (Lipinski definition) is 1. The molecule has 0 saturated heterocycles. The number of aryl methyl sites for hydroxylation is 1. The predicted molar refractivity (Wildman–Crippen MR) is 82.7 cm³/mol. The van der Waals surface area contributed by atoms with Crippen LogP contribution in [0.4, 0.5) is 11.6 Å². The Morgan fingerprint density at radius 2 is 2.25 bits per heavy atom. The number of aromatic nitrogens is 2. The van der Waals surface area contributed by atoms with Crippen molar-refractivity contribution in [1.82, 2.24) is 9.55 Å². The standard InChI is InChI=1S/C16H22N4/c1-2-3-9-19-11-8-18-16(19)20-10-7-14-13(12-20)5-4-6-15(14)17/h4-6,8,11H,2-3,7,9-10,12,17H2,1H3. The molecule has 2 heterocycles. The van der Waals surface area contributed by atoms with E-state index >= 15 is 0 Å². The summed E-state index contributed by atoms with van der Waals surface area (Å²) in [6.07, 6.45) is 7.39. The molecule has 1 aromatic carbocycles. The number of rotatable bonds is 4. The van der Waals surface area contributed by atoms with Crippen LogP contribution in [0.1, 0.15) is 30.9 Å². The third-order valence-corrected chi connectivity index (χ3v) is 4.03. The molecule has 0 fully saturated rings. The van der Waals surface area contributed by atoms with Gasteiger partial charge in [0.15, 0.2) is 0 Å². The molecule has 1 aromatic heterocycles. The van der Waals surface area contributed by atoms with Crippen LogP contribution in [0.3, 0.4) is 0 Å². The van der Waals surface area contributed by atoms with Gasteiger partial charge in [0.25, 0.3) is 0 Å². The smallest absolute Gasteiger partial charge is 0.205 e. The van der Waals surface area contributed by atoms with E-state index in [1.54, 1.807) is 0 Å². The van der Waals surface area contributed by atoms with Gasteiger partial charge in [-0.1, -0.05) is 25.5 Å². The number of imidazole rings is 1. The van der Waals surface area contributed by atoms with Gasteiger partial charge in [-0.15, -0.1) is 0 Å². The molecule has 106 valence electrons. The second-order valence-electron chi connectivity index (χ2n) is 5.43. The summed E-state index contributed by atoms with van der Waals surface area (Å²) in [6, 6.07) is 6.22. The lowest BCUT2D eigenvalue weighted by Crippen LogP contribution is -2.33. The number of nitrogen functional groups attached to an aromatic ring is 1. The topological polar surface area (TPSA) is 47.1 Å². The zero-order valence-corrected chi connectivity index (χ0v) is 12.0. The van der Waals surface area contributed by atoms with Crippen molar-refractivity contribution in [3.05, 3.63) is 41.7 Å². The van der Waals surface area contributed by atoms with Gasteiger partial charge in [0.2, 0.25) is 5.95 Å². The van der Waals surface area contributed by atoms with E-state index in [9.17, 15) is 0 Å². The Bertz CT molecular complexity index is 588. The molecule has 4 heteroatoms. The van der Waals surface area contributed by atoms with Crippen LogP contribution < -0.4 is 10.6 Å². The van der Waals surface area contributed by atoms with Crippen molar-refractivity contribution in [2.75, 3.05) is 17.2 Å². The Labute approximate surface area is 120 Å². The van der Waals surface area contributed by atoms with E-state index in [4.69, 9.17) is 5.73 Å². The van der Waals surface area contributed by atoms with Crippen LogP contribution in [0.15, 0.2) is 30.6 Å². The fourth-order valence-corrected chi connectivity index (χ4v) is 2.90. The molecule has 1 aliphatic rings. The van der Waals surface area contributed by atoms with Crippen molar-refractivity contribution in [1.29, 1.82) is 0 Å². The monoisotopic (exact) mass is 270 g/mol. The summed E-state index contributed by atoms with van der Waals surface area (Å²) in [4.78, 5) is 6.90. The molecule has 0 atom stereocenters. The van der Waals surface area contributed by atoms with Crippen LogP contribution in [0.25, 0.3) is 0 Å². The largest absolute Gasteiger partial charge is 0.398 e. The fourth-order valence-electron chi connectivity index (χ4n) is 2.90. The number of nitrogens with zero attached hydrogens (tertiary/aromatic N) is 3. The molecular weight excluding hydrogens is 248 g/mol. The van der Waals surface area contributed by atoms with Gasteiger partial charge in [0, 0.05) is 37.7 Å². The molecule has 2 N–H and O–H groups in total.